The van der Waals surface area contributed by atoms with Crippen molar-refractivity contribution in [3.8, 4) is 0 Å². The third kappa shape index (κ3) is 3.67. The molecule has 0 spiro atoms. The number of anilines is 1. The maximum absolute atomic E-state index is 10.5. The maximum atomic E-state index is 10.5. The molecule has 3 nitrogen and oxygen atoms in total. The van der Waals surface area contributed by atoms with Crippen LogP contribution in [0.4, 0.5) is 5.69 Å². The summed E-state index contributed by atoms with van der Waals surface area (Å²) in [5.74, 6) is -0.0523. The molecule has 0 atom stereocenters. The van der Waals surface area contributed by atoms with E-state index in [1.165, 1.54) is 0 Å². The average Bonchev–Trinajstić information content (AvgIpc) is 2.15. The Hall–Kier alpha value is -1.42. The minimum absolute atomic E-state index is 0.0105. The number of carboxylic acids is 1. The highest BCUT2D eigenvalue weighted by Crippen LogP contribution is 2.25. The standard InChI is InChI=1S/C11H13NO2S/c1-2-5-15-10-4-3-8(6-9(10)12)7-11(13)14/h2-4,6H,1,5,7,12H2,(H,13,14). The fraction of sp³-hybridized carbons (Fsp3) is 0.182. The van der Waals surface area contributed by atoms with Gasteiger partial charge in [0.1, 0.15) is 0 Å². The summed E-state index contributed by atoms with van der Waals surface area (Å²) in [6.45, 7) is 3.62. The van der Waals surface area contributed by atoms with Crippen LogP contribution in [0, 0.1) is 0 Å². The van der Waals surface area contributed by atoms with Crippen molar-refractivity contribution >= 4 is 23.4 Å². The lowest BCUT2D eigenvalue weighted by Gasteiger charge is -2.05. The molecule has 0 saturated heterocycles. The molecule has 1 rings (SSSR count). The first-order chi connectivity index (χ1) is 7.13. The van der Waals surface area contributed by atoms with Gasteiger partial charge >= 0.3 is 5.97 Å². The van der Waals surface area contributed by atoms with E-state index < -0.39 is 5.97 Å². The third-order valence-corrected chi connectivity index (χ3v) is 2.87. The monoisotopic (exact) mass is 223 g/mol. The number of carbonyl (C=O) groups is 1. The molecule has 0 aromatic heterocycles. The van der Waals surface area contributed by atoms with Gasteiger partial charge in [-0.25, -0.2) is 0 Å². The number of carboxylic acid groups (broad SMARTS) is 1. The Kier molecular flexibility index (Phi) is 4.24. The van der Waals surface area contributed by atoms with Crippen LogP contribution in [-0.4, -0.2) is 16.8 Å². The molecular weight excluding hydrogens is 210 g/mol. The van der Waals surface area contributed by atoms with E-state index in [9.17, 15) is 4.79 Å². The molecule has 0 unspecified atom stereocenters. The number of hydrogen-bond donors (Lipinski definition) is 2. The van der Waals surface area contributed by atoms with Gasteiger partial charge in [-0.05, 0) is 17.7 Å². The number of nitrogens with two attached hydrogens (primary N) is 1. The Morgan fingerprint density at radius 2 is 2.33 bits per heavy atom. The predicted octanol–water partition coefficient (Wildman–Crippen LogP) is 2.17. The van der Waals surface area contributed by atoms with Crippen LogP contribution in [0.3, 0.4) is 0 Å². The van der Waals surface area contributed by atoms with Gasteiger partial charge in [0.2, 0.25) is 0 Å². The molecule has 15 heavy (non-hydrogen) atoms. The molecule has 4 heteroatoms. The lowest BCUT2D eigenvalue weighted by molar-refractivity contribution is -0.136. The summed E-state index contributed by atoms with van der Waals surface area (Å²) in [5, 5.41) is 8.61. The molecule has 1 aromatic rings. The van der Waals surface area contributed by atoms with E-state index >= 15 is 0 Å². The fourth-order valence-corrected chi connectivity index (χ4v) is 1.85. The van der Waals surface area contributed by atoms with Gasteiger partial charge in [-0.2, -0.15) is 0 Å². The highest BCUT2D eigenvalue weighted by molar-refractivity contribution is 7.99. The van der Waals surface area contributed by atoms with Gasteiger partial charge in [0.05, 0.1) is 6.42 Å². The normalized spacial score (nSPS) is 9.87. The van der Waals surface area contributed by atoms with Gasteiger partial charge in [0.25, 0.3) is 0 Å². The van der Waals surface area contributed by atoms with Crippen LogP contribution in [0.1, 0.15) is 5.56 Å². The molecule has 0 fully saturated rings. The molecule has 0 aliphatic heterocycles. The summed E-state index contributed by atoms with van der Waals surface area (Å²) >= 11 is 1.58. The number of aliphatic carboxylic acids is 1. The van der Waals surface area contributed by atoms with Crippen LogP contribution in [0.5, 0.6) is 0 Å². The first-order valence-electron chi connectivity index (χ1n) is 4.47. The van der Waals surface area contributed by atoms with Crippen LogP contribution in [0.25, 0.3) is 0 Å². The molecule has 0 bridgehead atoms. The van der Waals surface area contributed by atoms with Crippen LogP contribution >= 0.6 is 11.8 Å². The summed E-state index contributed by atoms with van der Waals surface area (Å²) in [5.41, 5.74) is 7.14. The molecule has 0 amide bonds. The second kappa shape index (κ2) is 5.46. The topological polar surface area (TPSA) is 63.3 Å². The summed E-state index contributed by atoms with van der Waals surface area (Å²) in [4.78, 5) is 11.4. The van der Waals surface area contributed by atoms with Crippen molar-refractivity contribution in [1.29, 1.82) is 0 Å². The average molecular weight is 223 g/mol. The van der Waals surface area contributed by atoms with Gasteiger partial charge in [0.15, 0.2) is 0 Å². The zero-order chi connectivity index (χ0) is 11.3. The van der Waals surface area contributed by atoms with Crippen molar-refractivity contribution in [2.75, 3.05) is 11.5 Å². The molecule has 0 aliphatic rings. The quantitative estimate of drug-likeness (QED) is 0.456. The number of rotatable bonds is 5. The Morgan fingerprint density at radius 3 is 2.87 bits per heavy atom. The number of thioether (sulfide) groups is 1. The van der Waals surface area contributed by atoms with Crippen LogP contribution in [0.15, 0.2) is 35.7 Å². The highest BCUT2D eigenvalue weighted by atomic mass is 32.2. The van der Waals surface area contributed by atoms with E-state index in [-0.39, 0.29) is 6.42 Å². The van der Waals surface area contributed by atoms with Crippen molar-refractivity contribution in [3.05, 3.63) is 36.4 Å². The number of hydrogen-bond acceptors (Lipinski definition) is 3. The Bertz CT molecular complexity index is 377. The molecule has 3 N–H and O–H groups in total. The lowest BCUT2D eigenvalue weighted by atomic mass is 10.1. The number of benzene rings is 1. The van der Waals surface area contributed by atoms with Gasteiger partial charge in [-0.3, -0.25) is 4.79 Å². The zero-order valence-electron chi connectivity index (χ0n) is 8.27. The van der Waals surface area contributed by atoms with Gasteiger partial charge < -0.3 is 10.8 Å². The van der Waals surface area contributed by atoms with E-state index in [1.54, 1.807) is 30.0 Å². The van der Waals surface area contributed by atoms with E-state index in [4.69, 9.17) is 10.8 Å². The SMILES string of the molecule is C=CCSc1ccc(CC(=O)O)cc1N. The predicted molar refractivity (Wildman–Crippen MR) is 63.1 cm³/mol. The van der Waals surface area contributed by atoms with E-state index in [1.807, 2.05) is 6.07 Å². The van der Waals surface area contributed by atoms with Crippen LogP contribution < -0.4 is 5.73 Å². The van der Waals surface area contributed by atoms with E-state index in [0.29, 0.717) is 5.69 Å². The summed E-state index contributed by atoms with van der Waals surface area (Å²) in [6, 6.07) is 5.34. The van der Waals surface area contributed by atoms with Gasteiger partial charge in [-0.15, -0.1) is 18.3 Å². The second-order valence-corrected chi connectivity index (χ2v) is 4.10. The van der Waals surface area contributed by atoms with Crippen molar-refractivity contribution < 1.29 is 9.90 Å². The Labute approximate surface area is 93.0 Å². The summed E-state index contributed by atoms with van der Waals surface area (Å²) < 4.78 is 0. The summed E-state index contributed by atoms with van der Waals surface area (Å²) in [6.07, 6.45) is 1.81. The molecule has 80 valence electrons. The van der Waals surface area contributed by atoms with Crippen molar-refractivity contribution in [1.82, 2.24) is 0 Å². The zero-order valence-corrected chi connectivity index (χ0v) is 9.09. The molecule has 0 saturated carbocycles. The van der Waals surface area contributed by atoms with E-state index in [0.717, 1.165) is 16.2 Å². The first kappa shape index (κ1) is 11.7. The minimum Gasteiger partial charge on any atom is -0.481 e. The minimum atomic E-state index is -0.846. The molecular formula is C11H13NO2S. The van der Waals surface area contributed by atoms with Crippen LogP contribution in [-0.2, 0) is 11.2 Å². The highest BCUT2D eigenvalue weighted by Gasteiger charge is 2.04. The fourth-order valence-electron chi connectivity index (χ4n) is 1.16. The van der Waals surface area contributed by atoms with Gasteiger partial charge in [0, 0.05) is 16.3 Å². The molecule has 0 aliphatic carbocycles. The summed E-state index contributed by atoms with van der Waals surface area (Å²) in [7, 11) is 0. The molecule has 0 radical (unpaired) electrons. The smallest absolute Gasteiger partial charge is 0.307 e. The van der Waals surface area contributed by atoms with Gasteiger partial charge in [-0.1, -0.05) is 12.1 Å². The maximum Gasteiger partial charge on any atom is 0.307 e. The third-order valence-electron chi connectivity index (χ3n) is 1.79. The second-order valence-electron chi connectivity index (χ2n) is 3.04. The number of nitrogen functional groups attached to an aromatic ring is 1. The Morgan fingerprint density at radius 1 is 1.60 bits per heavy atom. The lowest BCUT2D eigenvalue weighted by Crippen LogP contribution is -2.01. The van der Waals surface area contributed by atoms with Crippen molar-refractivity contribution in [3.63, 3.8) is 0 Å². The Balaban J connectivity index is 2.78. The van der Waals surface area contributed by atoms with Crippen molar-refractivity contribution in [2.24, 2.45) is 0 Å². The van der Waals surface area contributed by atoms with Crippen LogP contribution in [0.2, 0.25) is 0 Å². The van der Waals surface area contributed by atoms with E-state index in [2.05, 4.69) is 6.58 Å². The largest absolute Gasteiger partial charge is 0.481 e. The van der Waals surface area contributed by atoms with Crippen molar-refractivity contribution in [2.45, 2.75) is 11.3 Å². The molecule has 1 aromatic carbocycles. The first-order valence-corrected chi connectivity index (χ1v) is 5.46. The molecule has 0 heterocycles.